The van der Waals surface area contributed by atoms with Gasteiger partial charge in [0.05, 0.1) is 6.33 Å². The number of H-pyrrole nitrogens is 1. The van der Waals surface area contributed by atoms with E-state index in [1.165, 1.54) is 12.5 Å². The molecule has 0 aromatic carbocycles. The molecule has 20 heavy (non-hydrogen) atoms. The van der Waals surface area contributed by atoms with Crippen LogP contribution in [0.25, 0.3) is 0 Å². The number of nitrogens with one attached hydrogen (secondary N) is 3. The number of carboxylic acid groups (broad SMARTS) is 1. The fourth-order valence-corrected chi connectivity index (χ4v) is 1.64. The predicted octanol–water partition coefficient (Wildman–Crippen LogP) is 0.506. The minimum Gasteiger partial charge on any atom is -0.480 e. The zero-order valence-corrected chi connectivity index (χ0v) is 11.2. The van der Waals surface area contributed by atoms with Crippen LogP contribution >= 0.6 is 0 Å². The number of rotatable bonds is 7. The number of amides is 2. The summed E-state index contributed by atoms with van der Waals surface area (Å²) in [7, 11) is 0. The molecule has 0 radical (unpaired) electrons. The highest BCUT2D eigenvalue weighted by Crippen LogP contribution is 2.00. The van der Waals surface area contributed by atoms with Gasteiger partial charge in [-0.3, -0.25) is 0 Å². The Bertz CT molecular complexity index is 478. The Kier molecular flexibility index (Phi) is 6.10. The second kappa shape index (κ2) is 7.84. The highest BCUT2D eigenvalue weighted by molar-refractivity contribution is 5.82. The number of terminal acetylenes is 1. The van der Waals surface area contributed by atoms with Crippen molar-refractivity contribution >= 4 is 12.0 Å². The van der Waals surface area contributed by atoms with Crippen LogP contribution in [0.3, 0.4) is 0 Å². The molecule has 0 saturated carbocycles. The van der Waals surface area contributed by atoms with E-state index >= 15 is 0 Å². The van der Waals surface area contributed by atoms with Gasteiger partial charge >= 0.3 is 12.0 Å². The van der Waals surface area contributed by atoms with Crippen molar-refractivity contribution in [3.05, 3.63) is 18.2 Å². The summed E-state index contributed by atoms with van der Waals surface area (Å²) in [5.74, 6) is 1.35. The number of aromatic amines is 1. The SMILES string of the molecule is C#CCC(CC)NC(=O)NC(Cc1cnc[nH]1)C(=O)O. The molecule has 0 saturated heterocycles. The summed E-state index contributed by atoms with van der Waals surface area (Å²) in [4.78, 5) is 29.5. The first-order valence-electron chi connectivity index (χ1n) is 6.27. The van der Waals surface area contributed by atoms with Gasteiger partial charge in [0.1, 0.15) is 6.04 Å². The van der Waals surface area contributed by atoms with E-state index in [0.717, 1.165) is 0 Å². The van der Waals surface area contributed by atoms with E-state index in [1.807, 2.05) is 6.92 Å². The van der Waals surface area contributed by atoms with E-state index < -0.39 is 18.0 Å². The molecule has 0 aliphatic rings. The number of hydrogen-bond donors (Lipinski definition) is 4. The van der Waals surface area contributed by atoms with Crippen LogP contribution < -0.4 is 10.6 Å². The summed E-state index contributed by atoms with van der Waals surface area (Å²) in [5, 5.41) is 14.2. The molecule has 2 atom stereocenters. The van der Waals surface area contributed by atoms with E-state index in [1.54, 1.807) is 0 Å². The van der Waals surface area contributed by atoms with Gasteiger partial charge in [-0.1, -0.05) is 6.92 Å². The first-order chi connectivity index (χ1) is 9.56. The topological polar surface area (TPSA) is 107 Å². The molecule has 0 aliphatic heterocycles. The van der Waals surface area contributed by atoms with E-state index in [4.69, 9.17) is 11.5 Å². The molecular weight excluding hydrogens is 260 g/mol. The van der Waals surface area contributed by atoms with Gasteiger partial charge in [0.15, 0.2) is 0 Å². The van der Waals surface area contributed by atoms with Crippen LogP contribution in [0.5, 0.6) is 0 Å². The molecule has 1 aromatic rings. The van der Waals surface area contributed by atoms with E-state index in [0.29, 0.717) is 18.5 Å². The van der Waals surface area contributed by atoms with Crippen molar-refractivity contribution in [1.82, 2.24) is 20.6 Å². The third-order valence-corrected chi connectivity index (χ3v) is 2.77. The largest absolute Gasteiger partial charge is 0.480 e. The summed E-state index contributed by atoms with van der Waals surface area (Å²) in [6, 6.07) is -1.74. The standard InChI is InChI=1S/C13H18N4O3/c1-3-5-9(4-2)16-13(20)17-11(12(18)19)6-10-7-14-8-15-10/h1,7-9,11H,4-6H2,2H3,(H,14,15)(H,18,19)(H2,16,17,20). The predicted molar refractivity (Wildman–Crippen MR) is 72.9 cm³/mol. The van der Waals surface area contributed by atoms with Crippen molar-refractivity contribution in [1.29, 1.82) is 0 Å². The number of urea groups is 1. The Morgan fingerprint density at radius 3 is 2.80 bits per heavy atom. The van der Waals surface area contributed by atoms with Gasteiger partial charge in [0, 0.05) is 30.8 Å². The maximum Gasteiger partial charge on any atom is 0.326 e. The average molecular weight is 278 g/mol. The molecule has 0 spiro atoms. The number of imidazole rings is 1. The number of carbonyl (C=O) groups excluding carboxylic acids is 1. The van der Waals surface area contributed by atoms with Crippen LogP contribution in [-0.2, 0) is 11.2 Å². The lowest BCUT2D eigenvalue weighted by Crippen LogP contribution is -2.49. The molecule has 1 rings (SSSR count). The normalized spacial score (nSPS) is 13.0. The van der Waals surface area contributed by atoms with Gasteiger partial charge in [-0.25, -0.2) is 14.6 Å². The number of aliphatic carboxylic acids is 1. The summed E-state index contributed by atoms with van der Waals surface area (Å²) in [5.41, 5.74) is 0.633. The van der Waals surface area contributed by atoms with Gasteiger partial charge in [0.2, 0.25) is 0 Å². The molecular formula is C13H18N4O3. The molecule has 1 aromatic heterocycles. The number of carbonyl (C=O) groups is 2. The number of carboxylic acids is 1. The highest BCUT2D eigenvalue weighted by atomic mass is 16.4. The Morgan fingerprint density at radius 1 is 1.55 bits per heavy atom. The monoisotopic (exact) mass is 278 g/mol. The molecule has 0 fully saturated rings. The van der Waals surface area contributed by atoms with Crippen molar-refractivity contribution in [3.8, 4) is 12.3 Å². The minimum atomic E-state index is -1.11. The van der Waals surface area contributed by atoms with Gasteiger partial charge < -0.3 is 20.7 Å². The lowest BCUT2D eigenvalue weighted by atomic mass is 10.1. The lowest BCUT2D eigenvalue weighted by Gasteiger charge is -2.18. The number of nitrogens with zero attached hydrogens (tertiary/aromatic N) is 1. The van der Waals surface area contributed by atoms with Crippen LogP contribution in [0.2, 0.25) is 0 Å². The lowest BCUT2D eigenvalue weighted by molar-refractivity contribution is -0.139. The third kappa shape index (κ3) is 5.02. The Labute approximate surface area is 117 Å². The van der Waals surface area contributed by atoms with Crippen molar-refractivity contribution in [2.75, 3.05) is 0 Å². The molecule has 7 heteroatoms. The Balaban J connectivity index is 2.55. The molecule has 4 N–H and O–H groups in total. The maximum atomic E-state index is 11.8. The highest BCUT2D eigenvalue weighted by Gasteiger charge is 2.21. The van der Waals surface area contributed by atoms with Crippen LogP contribution in [0, 0.1) is 12.3 Å². The number of hydrogen-bond acceptors (Lipinski definition) is 3. The van der Waals surface area contributed by atoms with Crippen LogP contribution in [0.4, 0.5) is 4.79 Å². The fourth-order valence-electron chi connectivity index (χ4n) is 1.64. The average Bonchev–Trinajstić information content (AvgIpc) is 2.90. The molecule has 2 unspecified atom stereocenters. The molecule has 1 heterocycles. The van der Waals surface area contributed by atoms with Crippen molar-refractivity contribution in [3.63, 3.8) is 0 Å². The summed E-state index contributed by atoms with van der Waals surface area (Å²) >= 11 is 0. The van der Waals surface area contributed by atoms with Crippen molar-refractivity contribution in [2.45, 2.75) is 38.3 Å². The Hall–Kier alpha value is -2.49. The first kappa shape index (κ1) is 15.6. The first-order valence-corrected chi connectivity index (χ1v) is 6.27. The zero-order chi connectivity index (χ0) is 15.0. The van der Waals surface area contributed by atoms with E-state index in [-0.39, 0.29) is 12.5 Å². The number of aromatic nitrogens is 2. The smallest absolute Gasteiger partial charge is 0.326 e. The van der Waals surface area contributed by atoms with Gasteiger partial charge in [-0.2, -0.15) is 0 Å². The summed E-state index contributed by atoms with van der Waals surface area (Å²) in [6.45, 7) is 1.89. The minimum absolute atomic E-state index is 0.134. The van der Waals surface area contributed by atoms with Gasteiger partial charge in [-0.05, 0) is 6.42 Å². The Morgan fingerprint density at radius 2 is 2.30 bits per heavy atom. The zero-order valence-electron chi connectivity index (χ0n) is 11.2. The second-order valence-electron chi connectivity index (χ2n) is 4.30. The van der Waals surface area contributed by atoms with Crippen molar-refractivity contribution in [2.24, 2.45) is 0 Å². The second-order valence-corrected chi connectivity index (χ2v) is 4.30. The third-order valence-electron chi connectivity index (χ3n) is 2.77. The molecule has 0 aliphatic carbocycles. The van der Waals surface area contributed by atoms with E-state index in [2.05, 4.69) is 26.5 Å². The van der Waals surface area contributed by atoms with Gasteiger partial charge in [0.25, 0.3) is 0 Å². The molecule has 2 amide bonds. The fraction of sp³-hybridized carbons (Fsp3) is 0.462. The van der Waals surface area contributed by atoms with Gasteiger partial charge in [-0.15, -0.1) is 12.3 Å². The van der Waals surface area contributed by atoms with Crippen LogP contribution in [0.1, 0.15) is 25.5 Å². The summed E-state index contributed by atoms with van der Waals surface area (Å²) < 4.78 is 0. The van der Waals surface area contributed by atoms with Crippen LogP contribution in [0.15, 0.2) is 12.5 Å². The molecule has 7 nitrogen and oxygen atoms in total. The maximum absolute atomic E-state index is 11.8. The quantitative estimate of drug-likeness (QED) is 0.545. The molecule has 0 bridgehead atoms. The summed E-state index contributed by atoms with van der Waals surface area (Å²) in [6.07, 6.45) is 9.38. The molecule has 108 valence electrons. The van der Waals surface area contributed by atoms with Crippen molar-refractivity contribution < 1.29 is 14.7 Å². The van der Waals surface area contributed by atoms with Crippen LogP contribution in [-0.4, -0.2) is 39.2 Å². The van der Waals surface area contributed by atoms with E-state index in [9.17, 15) is 9.59 Å².